The van der Waals surface area contributed by atoms with Crippen molar-refractivity contribution in [3.8, 4) is 0 Å². The van der Waals surface area contributed by atoms with Crippen molar-refractivity contribution < 1.29 is 4.79 Å². The molecule has 1 aromatic rings. The first-order valence-corrected chi connectivity index (χ1v) is 6.20. The number of nitrogens with zero attached hydrogens (tertiary/aromatic N) is 1. The van der Waals surface area contributed by atoms with Gasteiger partial charge in [-0.1, -0.05) is 42.5 Å². The molecule has 0 saturated heterocycles. The fourth-order valence-corrected chi connectivity index (χ4v) is 1.84. The van der Waals surface area contributed by atoms with E-state index in [1.54, 1.807) is 0 Å². The highest BCUT2D eigenvalue weighted by Gasteiger charge is 2.22. The van der Waals surface area contributed by atoms with E-state index >= 15 is 0 Å². The average molecular weight is 265 g/mol. The van der Waals surface area contributed by atoms with E-state index in [1.165, 1.54) is 0 Å². The van der Waals surface area contributed by atoms with Gasteiger partial charge in [0.1, 0.15) is 5.92 Å². The van der Waals surface area contributed by atoms with Crippen LogP contribution in [0, 0.1) is 0 Å². The summed E-state index contributed by atoms with van der Waals surface area (Å²) in [6, 6.07) is 9.34. The molecule has 0 bridgehead atoms. The van der Waals surface area contributed by atoms with E-state index in [2.05, 4.69) is 5.32 Å². The molecule has 0 heterocycles. The second-order valence-corrected chi connectivity index (χ2v) is 4.81. The van der Waals surface area contributed by atoms with E-state index < -0.39 is 5.92 Å². The molecule has 0 radical (unpaired) electrons. The van der Waals surface area contributed by atoms with Gasteiger partial charge in [0.15, 0.2) is 0 Å². The van der Waals surface area contributed by atoms with E-state index in [-0.39, 0.29) is 10.9 Å². The summed E-state index contributed by atoms with van der Waals surface area (Å²) in [6.07, 6.45) is 0. The molecular weight excluding hydrogens is 246 g/mol. The first-order valence-electron chi connectivity index (χ1n) is 5.79. The third kappa shape index (κ3) is 4.43. The standard InChI is InChI=1S/C13H19N3OS/c1-16(2)9-8-15-13(17)11(12(14)18)10-6-4-3-5-7-10/h3-7,11H,8-9H2,1-2H3,(H2,14,18)(H,15,17). The highest BCUT2D eigenvalue weighted by Crippen LogP contribution is 2.15. The minimum absolute atomic E-state index is 0.143. The zero-order valence-electron chi connectivity index (χ0n) is 10.7. The molecular formula is C13H19N3OS. The number of hydrogen-bond acceptors (Lipinski definition) is 3. The van der Waals surface area contributed by atoms with Crippen molar-refractivity contribution in [3.63, 3.8) is 0 Å². The third-order valence-corrected chi connectivity index (χ3v) is 2.77. The summed E-state index contributed by atoms with van der Waals surface area (Å²) in [5.41, 5.74) is 6.49. The molecule has 0 spiro atoms. The van der Waals surface area contributed by atoms with Crippen LogP contribution in [0.4, 0.5) is 0 Å². The highest BCUT2D eigenvalue weighted by molar-refractivity contribution is 7.80. The maximum atomic E-state index is 12.1. The quantitative estimate of drug-likeness (QED) is 0.745. The van der Waals surface area contributed by atoms with Gasteiger partial charge in [0, 0.05) is 13.1 Å². The average Bonchev–Trinajstić information content (AvgIpc) is 2.29. The summed E-state index contributed by atoms with van der Waals surface area (Å²) < 4.78 is 0. The molecule has 5 heteroatoms. The lowest BCUT2D eigenvalue weighted by atomic mass is 9.98. The van der Waals surface area contributed by atoms with Crippen LogP contribution in [0.3, 0.4) is 0 Å². The first-order chi connectivity index (χ1) is 8.52. The maximum Gasteiger partial charge on any atom is 0.234 e. The summed E-state index contributed by atoms with van der Waals surface area (Å²) in [7, 11) is 3.91. The van der Waals surface area contributed by atoms with Gasteiger partial charge in [-0.25, -0.2) is 0 Å². The lowest BCUT2D eigenvalue weighted by molar-refractivity contribution is -0.121. The minimum Gasteiger partial charge on any atom is -0.392 e. The van der Waals surface area contributed by atoms with Crippen molar-refractivity contribution >= 4 is 23.1 Å². The summed E-state index contributed by atoms with van der Waals surface area (Å²) in [6.45, 7) is 1.36. The Balaban J connectivity index is 2.69. The Morgan fingerprint density at radius 3 is 2.50 bits per heavy atom. The second-order valence-electron chi connectivity index (χ2n) is 4.34. The summed E-state index contributed by atoms with van der Waals surface area (Å²) in [5.74, 6) is -0.695. The number of benzene rings is 1. The van der Waals surface area contributed by atoms with Gasteiger partial charge in [-0.3, -0.25) is 4.79 Å². The maximum absolute atomic E-state index is 12.1. The molecule has 1 atom stereocenters. The number of amides is 1. The number of hydrogen-bond donors (Lipinski definition) is 2. The van der Waals surface area contributed by atoms with Crippen LogP contribution in [0.2, 0.25) is 0 Å². The Labute approximate surface area is 113 Å². The highest BCUT2D eigenvalue weighted by atomic mass is 32.1. The molecule has 0 saturated carbocycles. The van der Waals surface area contributed by atoms with E-state index in [1.807, 2.05) is 49.3 Å². The Kier molecular flexibility index (Phi) is 5.74. The van der Waals surface area contributed by atoms with Gasteiger partial charge in [-0.05, 0) is 19.7 Å². The molecule has 4 nitrogen and oxygen atoms in total. The molecule has 18 heavy (non-hydrogen) atoms. The van der Waals surface area contributed by atoms with Crippen molar-refractivity contribution in [2.45, 2.75) is 5.92 Å². The summed E-state index contributed by atoms with van der Waals surface area (Å²) in [5, 5.41) is 2.85. The van der Waals surface area contributed by atoms with E-state index in [4.69, 9.17) is 18.0 Å². The van der Waals surface area contributed by atoms with Crippen LogP contribution in [0.5, 0.6) is 0 Å². The van der Waals surface area contributed by atoms with Crippen LogP contribution >= 0.6 is 12.2 Å². The largest absolute Gasteiger partial charge is 0.392 e. The minimum atomic E-state index is -0.552. The van der Waals surface area contributed by atoms with Gasteiger partial charge >= 0.3 is 0 Å². The van der Waals surface area contributed by atoms with Gasteiger partial charge in [-0.2, -0.15) is 0 Å². The normalized spacial score (nSPS) is 12.2. The predicted molar refractivity (Wildman–Crippen MR) is 77.5 cm³/mol. The number of carbonyl (C=O) groups excluding carboxylic acids is 1. The molecule has 1 aromatic carbocycles. The SMILES string of the molecule is CN(C)CCNC(=O)C(C(N)=S)c1ccccc1. The summed E-state index contributed by atoms with van der Waals surface area (Å²) in [4.78, 5) is 14.3. The molecule has 1 amide bonds. The molecule has 0 fully saturated rings. The second kappa shape index (κ2) is 7.08. The van der Waals surface area contributed by atoms with Gasteiger partial charge in [-0.15, -0.1) is 0 Å². The predicted octanol–water partition coefficient (Wildman–Crippen LogP) is 0.734. The molecule has 0 aliphatic carbocycles. The molecule has 3 N–H and O–H groups in total. The van der Waals surface area contributed by atoms with Gasteiger partial charge in [0.2, 0.25) is 5.91 Å². The smallest absolute Gasteiger partial charge is 0.234 e. The molecule has 98 valence electrons. The first kappa shape index (κ1) is 14.6. The van der Waals surface area contributed by atoms with Crippen molar-refractivity contribution in [3.05, 3.63) is 35.9 Å². The van der Waals surface area contributed by atoms with E-state index in [9.17, 15) is 4.79 Å². The van der Waals surface area contributed by atoms with Crippen LogP contribution in [0.15, 0.2) is 30.3 Å². The van der Waals surface area contributed by atoms with Crippen LogP contribution < -0.4 is 11.1 Å². The zero-order valence-corrected chi connectivity index (χ0v) is 11.5. The van der Waals surface area contributed by atoms with Crippen molar-refractivity contribution in [2.24, 2.45) is 5.73 Å². The summed E-state index contributed by atoms with van der Waals surface area (Å²) >= 11 is 4.98. The molecule has 1 rings (SSSR count). The van der Waals surface area contributed by atoms with Crippen molar-refractivity contribution in [1.82, 2.24) is 10.2 Å². The molecule has 0 aliphatic rings. The Morgan fingerprint density at radius 2 is 2.00 bits per heavy atom. The van der Waals surface area contributed by atoms with Crippen LogP contribution in [0.1, 0.15) is 11.5 Å². The Morgan fingerprint density at radius 1 is 1.39 bits per heavy atom. The van der Waals surface area contributed by atoms with E-state index in [0.29, 0.717) is 6.54 Å². The number of likely N-dealkylation sites (N-methyl/N-ethyl adjacent to an activating group) is 1. The number of nitrogens with two attached hydrogens (primary N) is 1. The molecule has 0 aliphatic heterocycles. The van der Waals surface area contributed by atoms with Gasteiger partial charge in [0.05, 0.1) is 4.99 Å². The van der Waals surface area contributed by atoms with Crippen LogP contribution in [-0.2, 0) is 4.79 Å². The monoisotopic (exact) mass is 265 g/mol. The molecule has 0 aromatic heterocycles. The zero-order chi connectivity index (χ0) is 13.5. The van der Waals surface area contributed by atoms with E-state index in [0.717, 1.165) is 12.1 Å². The number of thiocarbonyl (C=S) groups is 1. The molecule has 1 unspecified atom stereocenters. The third-order valence-electron chi connectivity index (χ3n) is 2.54. The Hall–Kier alpha value is -1.46. The fourth-order valence-electron chi connectivity index (χ4n) is 1.60. The van der Waals surface area contributed by atoms with Crippen molar-refractivity contribution in [2.75, 3.05) is 27.2 Å². The number of rotatable bonds is 6. The van der Waals surface area contributed by atoms with Crippen LogP contribution in [0.25, 0.3) is 0 Å². The number of nitrogens with one attached hydrogen (secondary N) is 1. The lowest BCUT2D eigenvalue weighted by Gasteiger charge is -2.17. The van der Waals surface area contributed by atoms with Crippen LogP contribution in [-0.4, -0.2) is 43.0 Å². The number of carbonyl (C=O) groups is 1. The van der Waals surface area contributed by atoms with Gasteiger partial charge in [0.25, 0.3) is 0 Å². The lowest BCUT2D eigenvalue weighted by Crippen LogP contribution is -2.39. The Bertz CT molecular complexity index is 406. The van der Waals surface area contributed by atoms with Gasteiger partial charge < -0.3 is 16.0 Å². The topological polar surface area (TPSA) is 58.4 Å². The van der Waals surface area contributed by atoms with Crippen molar-refractivity contribution in [1.29, 1.82) is 0 Å². The fraction of sp³-hybridized carbons (Fsp3) is 0.385.